The van der Waals surface area contributed by atoms with E-state index in [-0.39, 0.29) is 11.9 Å². The van der Waals surface area contributed by atoms with Gasteiger partial charge in [-0.2, -0.15) is 0 Å². The Morgan fingerprint density at radius 1 is 1.23 bits per heavy atom. The summed E-state index contributed by atoms with van der Waals surface area (Å²) >= 11 is 1.59. The molecule has 3 rings (SSSR count). The standard InChI is InChI=1S/C20H22N2O3S/c1-4-25-17-10-8-16(9-11-17)21-20-22(14(2)13-26-20)19(23)15-6-5-7-18(12-15)24-3/h5-12,14H,4,13H2,1-3H3/t14-/m1/s1. The third-order valence-corrected chi connectivity index (χ3v) is 5.20. The van der Waals surface area contributed by atoms with Gasteiger partial charge in [-0.25, -0.2) is 4.99 Å². The molecule has 0 saturated carbocycles. The van der Waals surface area contributed by atoms with E-state index in [1.54, 1.807) is 35.9 Å². The van der Waals surface area contributed by atoms with Crippen molar-refractivity contribution in [1.29, 1.82) is 0 Å². The van der Waals surface area contributed by atoms with E-state index in [2.05, 4.69) is 4.99 Å². The normalized spacial score (nSPS) is 18.2. The van der Waals surface area contributed by atoms with Gasteiger partial charge in [-0.3, -0.25) is 9.69 Å². The number of methoxy groups -OCH3 is 1. The van der Waals surface area contributed by atoms with Crippen molar-refractivity contribution >= 4 is 28.5 Å². The second kappa shape index (κ2) is 8.27. The van der Waals surface area contributed by atoms with Crippen molar-refractivity contribution in [3.63, 3.8) is 0 Å². The zero-order valence-corrected chi connectivity index (χ0v) is 16.0. The second-order valence-electron chi connectivity index (χ2n) is 5.89. The summed E-state index contributed by atoms with van der Waals surface area (Å²) < 4.78 is 10.7. The Hall–Kier alpha value is -2.47. The summed E-state index contributed by atoms with van der Waals surface area (Å²) in [5.74, 6) is 2.24. The molecular weight excluding hydrogens is 348 g/mol. The van der Waals surface area contributed by atoms with Gasteiger partial charge in [0, 0.05) is 17.4 Å². The van der Waals surface area contributed by atoms with Crippen LogP contribution in [0.3, 0.4) is 0 Å². The van der Waals surface area contributed by atoms with E-state index in [9.17, 15) is 4.79 Å². The number of benzene rings is 2. The highest BCUT2D eigenvalue weighted by Crippen LogP contribution is 2.29. The first-order chi connectivity index (χ1) is 12.6. The Morgan fingerprint density at radius 3 is 2.69 bits per heavy atom. The molecule has 0 spiro atoms. The molecule has 0 radical (unpaired) electrons. The number of carbonyl (C=O) groups is 1. The van der Waals surface area contributed by atoms with Gasteiger partial charge in [-0.05, 0) is 56.3 Å². The molecular formula is C20H22N2O3S. The molecule has 2 aromatic rings. The lowest BCUT2D eigenvalue weighted by molar-refractivity contribution is 0.0828. The number of nitrogens with zero attached hydrogens (tertiary/aromatic N) is 2. The van der Waals surface area contributed by atoms with Crippen molar-refractivity contribution < 1.29 is 14.3 Å². The predicted octanol–water partition coefficient (Wildman–Crippen LogP) is 4.36. The summed E-state index contributed by atoms with van der Waals surface area (Å²) in [6, 6.07) is 14.9. The van der Waals surface area contributed by atoms with E-state index < -0.39 is 0 Å². The summed E-state index contributed by atoms with van der Waals surface area (Å²) in [7, 11) is 1.59. The Labute approximate surface area is 158 Å². The van der Waals surface area contributed by atoms with Crippen molar-refractivity contribution in [2.24, 2.45) is 4.99 Å². The Bertz CT molecular complexity index is 805. The molecule has 0 N–H and O–H groups in total. The van der Waals surface area contributed by atoms with Crippen molar-refractivity contribution in [1.82, 2.24) is 4.90 Å². The molecule has 1 fully saturated rings. The van der Waals surface area contributed by atoms with Crippen LogP contribution in [-0.4, -0.2) is 41.5 Å². The molecule has 0 aliphatic carbocycles. The van der Waals surface area contributed by atoms with E-state index >= 15 is 0 Å². The fraction of sp³-hybridized carbons (Fsp3) is 0.300. The first-order valence-electron chi connectivity index (χ1n) is 8.54. The highest BCUT2D eigenvalue weighted by atomic mass is 32.2. The van der Waals surface area contributed by atoms with Crippen LogP contribution in [0, 0.1) is 0 Å². The molecule has 0 aromatic heterocycles. The highest BCUT2D eigenvalue weighted by molar-refractivity contribution is 8.14. The Balaban J connectivity index is 1.85. The highest BCUT2D eigenvalue weighted by Gasteiger charge is 2.33. The van der Waals surface area contributed by atoms with Crippen LogP contribution in [0.4, 0.5) is 5.69 Å². The van der Waals surface area contributed by atoms with Gasteiger partial charge >= 0.3 is 0 Å². The van der Waals surface area contributed by atoms with Crippen LogP contribution in [0.1, 0.15) is 24.2 Å². The van der Waals surface area contributed by atoms with Gasteiger partial charge in [0.1, 0.15) is 11.5 Å². The van der Waals surface area contributed by atoms with Gasteiger partial charge in [-0.15, -0.1) is 0 Å². The lowest BCUT2D eigenvalue weighted by atomic mass is 10.1. The summed E-state index contributed by atoms with van der Waals surface area (Å²) in [5, 5.41) is 0.717. The molecule has 1 heterocycles. The van der Waals surface area contributed by atoms with Crippen molar-refractivity contribution in [3.8, 4) is 11.5 Å². The first kappa shape index (κ1) is 18.3. The van der Waals surface area contributed by atoms with Crippen LogP contribution in [-0.2, 0) is 0 Å². The number of amidine groups is 1. The molecule has 0 bridgehead atoms. The molecule has 1 aliphatic rings. The van der Waals surface area contributed by atoms with Gasteiger partial charge in [0.05, 0.1) is 19.4 Å². The lowest BCUT2D eigenvalue weighted by Crippen LogP contribution is -2.37. The third-order valence-electron chi connectivity index (χ3n) is 4.01. The van der Waals surface area contributed by atoms with Crippen molar-refractivity contribution in [3.05, 3.63) is 54.1 Å². The number of aliphatic imine (C=N–C) groups is 1. The number of rotatable bonds is 5. The van der Waals surface area contributed by atoms with E-state index in [1.807, 2.05) is 50.2 Å². The van der Waals surface area contributed by atoms with Crippen LogP contribution >= 0.6 is 11.8 Å². The summed E-state index contributed by atoms with van der Waals surface area (Å²) in [6.07, 6.45) is 0. The van der Waals surface area contributed by atoms with Gasteiger partial charge in [0.15, 0.2) is 5.17 Å². The Morgan fingerprint density at radius 2 is 2.00 bits per heavy atom. The monoisotopic (exact) mass is 370 g/mol. The van der Waals surface area contributed by atoms with Gasteiger partial charge in [0.2, 0.25) is 0 Å². The fourth-order valence-corrected chi connectivity index (χ4v) is 3.80. The summed E-state index contributed by atoms with van der Waals surface area (Å²) in [4.78, 5) is 19.5. The average molecular weight is 370 g/mol. The number of amides is 1. The van der Waals surface area contributed by atoms with Crippen molar-refractivity contribution in [2.45, 2.75) is 19.9 Å². The van der Waals surface area contributed by atoms with Gasteiger partial charge in [0.25, 0.3) is 5.91 Å². The van der Waals surface area contributed by atoms with Gasteiger partial charge < -0.3 is 9.47 Å². The number of ether oxygens (including phenoxy) is 2. The number of hydrogen-bond donors (Lipinski definition) is 0. The van der Waals surface area contributed by atoms with Gasteiger partial charge in [-0.1, -0.05) is 17.8 Å². The van der Waals surface area contributed by atoms with Crippen LogP contribution in [0.2, 0.25) is 0 Å². The second-order valence-corrected chi connectivity index (χ2v) is 6.88. The SMILES string of the molecule is CCOc1ccc(N=C2SC[C@@H](C)N2C(=O)c2cccc(OC)c2)cc1. The molecule has 5 nitrogen and oxygen atoms in total. The quantitative estimate of drug-likeness (QED) is 0.785. The molecule has 1 amide bonds. The van der Waals surface area contributed by atoms with E-state index in [0.717, 1.165) is 22.4 Å². The fourth-order valence-electron chi connectivity index (χ4n) is 2.69. The molecule has 2 aromatic carbocycles. The van der Waals surface area contributed by atoms with E-state index in [0.29, 0.717) is 17.9 Å². The van der Waals surface area contributed by atoms with E-state index in [4.69, 9.17) is 9.47 Å². The minimum atomic E-state index is -0.0638. The molecule has 26 heavy (non-hydrogen) atoms. The zero-order chi connectivity index (χ0) is 18.5. The molecule has 0 unspecified atom stereocenters. The van der Waals surface area contributed by atoms with E-state index in [1.165, 1.54) is 0 Å². The molecule has 1 aliphatic heterocycles. The largest absolute Gasteiger partial charge is 0.497 e. The third kappa shape index (κ3) is 4.02. The molecule has 1 atom stereocenters. The van der Waals surface area contributed by atoms with Crippen LogP contribution in [0.25, 0.3) is 0 Å². The lowest BCUT2D eigenvalue weighted by Gasteiger charge is -2.21. The summed E-state index contributed by atoms with van der Waals surface area (Å²) in [6.45, 7) is 4.61. The van der Waals surface area contributed by atoms with Crippen molar-refractivity contribution in [2.75, 3.05) is 19.5 Å². The average Bonchev–Trinajstić information content (AvgIpc) is 3.03. The van der Waals surface area contributed by atoms with Crippen LogP contribution in [0.15, 0.2) is 53.5 Å². The van der Waals surface area contributed by atoms with Crippen LogP contribution in [0.5, 0.6) is 11.5 Å². The smallest absolute Gasteiger partial charge is 0.260 e. The maximum Gasteiger partial charge on any atom is 0.260 e. The topological polar surface area (TPSA) is 51.1 Å². The minimum absolute atomic E-state index is 0.0638. The van der Waals surface area contributed by atoms with Crippen LogP contribution < -0.4 is 9.47 Å². The predicted molar refractivity (Wildman–Crippen MR) is 106 cm³/mol. The molecule has 1 saturated heterocycles. The first-order valence-corrected chi connectivity index (χ1v) is 9.53. The number of hydrogen-bond acceptors (Lipinski definition) is 5. The maximum absolute atomic E-state index is 13.0. The number of carbonyl (C=O) groups excluding carboxylic acids is 1. The minimum Gasteiger partial charge on any atom is -0.497 e. The molecule has 6 heteroatoms. The zero-order valence-electron chi connectivity index (χ0n) is 15.1. The number of thioether (sulfide) groups is 1. The summed E-state index contributed by atoms with van der Waals surface area (Å²) in [5.41, 5.74) is 1.39. The molecule has 136 valence electrons. The Kier molecular flexibility index (Phi) is 5.83. The maximum atomic E-state index is 13.0.